The minimum atomic E-state index is -0.325. The Labute approximate surface area is 134 Å². The summed E-state index contributed by atoms with van der Waals surface area (Å²) in [5, 5.41) is 12.3. The summed E-state index contributed by atoms with van der Waals surface area (Å²) in [7, 11) is 1.53. The van der Waals surface area contributed by atoms with Gasteiger partial charge >= 0.3 is 5.97 Å². The SMILES string of the molecule is CCc1c(C(=O)OC[C@@H]2C[C@@H]2C)cnn1-c1ccc(OC)nn1. The number of rotatable bonds is 6. The predicted molar refractivity (Wildman–Crippen MR) is 82.6 cm³/mol. The lowest BCUT2D eigenvalue weighted by Gasteiger charge is -2.07. The molecule has 2 aromatic rings. The van der Waals surface area contributed by atoms with Crippen LogP contribution in [0.1, 0.15) is 36.3 Å². The van der Waals surface area contributed by atoms with Crippen LogP contribution in [-0.2, 0) is 11.2 Å². The van der Waals surface area contributed by atoms with Crippen molar-refractivity contribution in [1.82, 2.24) is 20.0 Å². The van der Waals surface area contributed by atoms with E-state index in [1.165, 1.54) is 13.3 Å². The Morgan fingerprint density at radius 3 is 2.74 bits per heavy atom. The van der Waals surface area contributed by atoms with Gasteiger partial charge in [0, 0.05) is 6.07 Å². The highest BCUT2D eigenvalue weighted by Crippen LogP contribution is 2.37. The molecule has 1 aliphatic carbocycles. The van der Waals surface area contributed by atoms with Crippen molar-refractivity contribution in [1.29, 1.82) is 0 Å². The van der Waals surface area contributed by atoms with E-state index in [9.17, 15) is 4.79 Å². The normalized spacial score (nSPS) is 19.4. The number of esters is 1. The highest BCUT2D eigenvalue weighted by molar-refractivity contribution is 5.90. The average Bonchev–Trinajstić information content (AvgIpc) is 3.12. The number of hydrogen-bond acceptors (Lipinski definition) is 6. The first-order valence-electron chi connectivity index (χ1n) is 7.76. The molecule has 7 heteroatoms. The second-order valence-electron chi connectivity index (χ2n) is 5.78. The van der Waals surface area contributed by atoms with Gasteiger partial charge in [0.05, 0.1) is 25.6 Å². The summed E-state index contributed by atoms with van der Waals surface area (Å²) >= 11 is 0. The fourth-order valence-corrected chi connectivity index (χ4v) is 2.51. The van der Waals surface area contributed by atoms with E-state index >= 15 is 0 Å². The average molecular weight is 316 g/mol. The van der Waals surface area contributed by atoms with Crippen LogP contribution in [0.4, 0.5) is 0 Å². The molecule has 23 heavy (non-hydrogen) atoms. The predicted octanol–water partition coefficient (Wildman–Crippen LogP) is 2.05. The summed E-state index contributed by atoms with van der Waals surface area (Å²) in [6.07, 6.45) is 3.30. The molecule has 2 aromatic heterocycles. The lowest BCUT2D eigenvalue weighted by molar-refractivity contribution is 0.0480. The second kappa shape index (κ2) is 6.36. The zero-order valence-corrected chi connectivity index (χ0v) is 13.5. The van der Waals surface area contributed by atoms with Crippen LogP contribution < -0.4 is 4.74 Å². The van der Waals surface area contributed by atoms with Crippen LogP contribution in [0.5, 0.6) is 5.88 Å². The van der Waals surface area contributed by atoms with Crippen LogP contribution in [0, 0.1) is 11.8 Å². The molecule has 0 bridgehead atoms. The highest BCUT2D eigenvalue weighted by Gasteiger charge is 2.34. The number of ether oxygens (including phenoxy) is 2. The Hall–Kier alpha value is -2.44. The van der Waals surface area contributed by atoms with Gasteiger partial charge in [-0.2, -0.15) is 5.10 Å². The number of hydrogen-bond donors (Lipinski definition) is 0. The maximum atomic E-state index is 12.3. The van der Waals surface area contributed by atoms with Gasteiger partial charge < -0.3 is 9.47 Å². The molecule has 0 amide bonds. The van der Waals surface area contributed by atoms with Crippen LogP contribution in [0.15, 0.2) is 18.3 Å². The van der Waals surface area contributed by atoms with Gasteiger partial charge in [0.15, 0.2) is 5.82 Å². The van der Waals surface area contributed by atoms with Gasteiger partial charge in [0.2, 0.25) is 5.88 Å². The molecule has 0 unspecified atom stereocenters. The quantitative estimate of drug-likeness (QED) is 0.759. The molecule has 0 aromatic carbocycles. The number of carbonyl (C=O) groups excluding carboxylic acids is 1. The third kappa shape index (κ3) is 3.18. The van der Waals surface area contributed by atoms with Crippen molar-refractivity contribution in [3.8, 4) is 11.7 Å². The molecular weight excluding hydrogens is 296 g/mol. The fraction of sp³-hybridized carbons (Fsp3) is 0.500. The molecular formula is C16H20N4O3. The van der Waals surface area contributed by atoms with Crippen LogP contribution in [-0.4, -0.2) is 39.7 Å². The van der Waals surface area contributed by atoms with E-state index < -0.39 is 0 Å². The van der Waals surface area contributed by atoms with Crippen molar-refractivity contribution in [2.75, 3.05) is 13.7 Å². The molecule has 3 rings (SSSR count). The first kappa shape index (κ1) is 15.5. The Balaban J connectivity index is 1.79. The standard InChI is InChI=1S/C16H20N4O3/c1-4-13-12(16(21)23-9-11-7-10(11)2)8-17-20(13)14-5-6-15(22-3)19-18-14/h5-6,8,10-11H,4,7,9H2,1-3H3/t10-,11-/m0/s1. The fourth-order valence-electron chi connectivity index (χ4n) is 2.51. The third-order valence-corrected chi connectivity index (χ3v) is 4.18. The molecule has 7 nitrogen and oxygen atoms in total. The first-order valence-corrected chi connectivity index (χ1v) is 7.76. The van der Waals surface area contributed by atoms with E-state index in [1.54, 1.807) is 16.8 Å². The molecule has 122 valence electrons. The number of nitrogens with zero attached hydrogens (tertiary/aromatic N) is 4. The molecule has 1 fully saturated rings. The van der Waals surface area contributed by atoms with Gasteiger partial charge in [-0.15, -0.1) is 10.2 Å². The highest BCUT2D eigenvalue weighted by atomic mass is 16.5. The van der Waals surface area contributed by atoms with Crippen molar-refractivity contribution < 1.29 is 14.3 Å². The minimum absolute atomic E-state index is 0.325. The van der Waals surface area contributed by atoms with E-state index in [0.717, 1.165) is 12.1 Å². The van der Waals surface area contributed by atoms with Crippen LogP contribution >= 0.6 is 0 Å². The summed E-state index contributed by atoms with van der Waals surface area (Å²) in [5.41, 5.74) is 1.25. The number of aromatic nitrogens is 4. The maximum absolute atomic E-state index is 12.3. The topological polar surface area (TPSA) is 79.1 Å². The van der Waals surface area contributed by atoms with Crippen LogP contribution in [0.25, 0.3) is 5.82 Å². The zero-order chi connectivity index (χ0) is 16.4. The lowest BCUT2D eigenvalue weighted by Crippen LogP contribution is -2.12. The number of methoxy groups -OCH3 is 1. The van der Waals surface area contributed by atoms with Crippen molar-refractivity contribution in [2.45, 2.75) is 26.7 Å². The molecule has 1 aliphatic rings. The van der Waals surface area contributed by atoms with Gasteiger partial charge in [-0.1, -0.05) is 13.8 Å². The van der Waals surface area contributed by atoms with Crippen molar-refractivity contribution in [3.05, 3.63) is 29.6 Å². The largest absolute Gasteiger partial charge is 0.480 e. The van der Waals surface area contributed by atoms with Crippen molar-refractivity contribution >= 4 is 5.97 Å². The minimum Gasteiger partial charge on any atom is -0.480 e. The second-order valence-corrected chi connectivity index (χ2v) is 5.78. The molecule has 0 saturated heterocycles. The summed E-state index contributed by atoms with van der Waals surface area (Å²) in [4.78, 5) is 12.3. The molecule has 0 spiro atoms. The monoisotopic (exact) mass is 316 g/mol. The number of carbonyl (C=O) groups is 1. The van der Waals surface area contributed by atoms with Gasteiger partial charge in [-0.3, -0.25) is 0 Å². The van der Waals surface area contributed by atoms with Gasteiger partial charge in [0.1, 0.15) is 5.56 Å². The molecule has 2 heterocycles. The van der Waals surface area contributed by atoms with Gasteiger partial charge in [0.25, 0.3) is 0 Å². The van der Waals surface area contributed by atoms with E-state index in [-0.39, 0.29) is 5.97 Å². The van der Waals surface area contributed by atoms with E-state index in [1.807, 2.05) is 6.92 Å². The van der Waals surface area contributed by atoms with Crippen LogP contribution in [0.2, 0.25) is 0 Å². The van der Waals surface area contributed by atoms with E-state index in [0.29, 0.717) is 42.1 Å². The molecule has 0 aliphatic heterocycles. The Morgan fingerprint density at radius 1 is 1.39 bits per heavy atom. The summed E-state index contributed by atoms with van der Waals surface area (Å²) in [5.74, 6) is 1.81. The third-order valence-electron chi connectivity index (χ3n) is 4.18. The summed E-state index contributed by atoms with van der Waals surface area (Å²) in [6, 6.07) is 3.45. The Morgan fingerprint density at radius 2 is 2.17 bits per heavy atom. The van der Waals surface area contributed by atoms with E-state index in [4.69, 9.17) is 9.47 Å². The summed E-state index contributed by atoms with van der Waals surface area (Å²) in [6.45, 7) is 4.61. The Kier molecular flexibility index (Phi) is 4.27. The van der Waals surface area contributed by atoms with Gasteiger partial charge in [-0.05, 0) is 30.7 Å². The Bertz CT molecular complexity index is 696. The van der Waals surface area contributed by atoms with Crippen LogP contribution in [0.3, 0.4) is 0 Å². The van der Waals surface area contributed by atoms with E-state index in [2.05, 4.69) is 22.2 Å². The molecule has 1 saturated carbocycles. The molecule has 0 radical (unpaired) electrons. The van der Waals surface area contributed by atoms with Crippen molar-refractivity contribution in [2.24, 2.45) is 11.8 Å². The smallest absolute Gasteiger partial charge is 0.341 e. The molecule has 2 atom stereocenters. The first-order chi connectivity index (χ1) is 11.1. The van der Waals surface area contributed by atoms with Gasteiger partial charge in [-0.25, -0.2) is 9.48 Å². The molecule has 0 N–H and O–H groups in total. The zero-order valence-electron chi connectivity index (χ0n) is 13.5. The van der Waals surface area contributed by atoms with Crippen molar-refractivity contribution in [3.63, 3.8) is 0 Å². The lowest BCUT2D eigenvalue weighted by atomic mass is 10.2. The summed E-state index contributed by atoms with van der Waals surface area (Å²) < 4.78 is 12.0. The maximum Gasteiger partial charge on any atom is 0.341 e.